The van der Waals surface area contributed by atoms with E-state index in [9.17, 15) is 32.3 Å². The van der Waals surface area contributed by atoms with Gasteiger partial charge in [0.2, 0.25) is 0 Å². The zero-order chi connectivity index (χ0) is 29.6. The number of amides is 1. The molecule has 208 valence electrons. The van der Waals surface area contributed by atoms with Gasteiger partial charge in [0.25, 0.3) is 5.91 Å². The Morgan fingerprint density at radius 3 is 2.34 bits per heavy atom. The number of aryl methyl sites for hydroxylation is 2. The minimum atomic E-state index is -4.64. The number of carboxylic acids is 1. The summed E-state index contributed by atoms with van der Waals surface area (Å²) < 4.78 is 54.9. The van der Waals surface area contributed by atoms with Crippen LogP contribution in [0.5, 0.6) is 5.75 Å². The monoisotopic (exact) mass is 563 g/mol. The van der Waals surface area contributed by atoms with E-state index in [0.717, 1.165) is 40.3 Å². The lowest BCUT2D eigenvalue weighted by Crippen LogP contribution is -2.26. The molecule has 0 unspecified atom stereocenters. The smallest absolute Gasteiger partial charge is 0.416 e. The molecular weight excluding hydrogens is 542 g/mol. The number of aromatic carboxylic acids is 1. The summed E-state index contributed by atoms with van der Waals surface area (Å²) in [6.45, 7) is 3.69. The lowest BCUT2D eigenvalue weighted by atomic mass is 10.0. The minimum absolute atomic E-state index is 0.000552. The number of benzene rings is 4. The molecule has 1 aliphatic rings. The second-order valence-corrected chi connectivity index (χ2v) is 9.41. The Kier molecular flexibility index (Phi) is 6.74. The molecule has 41 heavy (non-hydrogen) atoms. The molecule has 0 saturated heterocycles. The maximum absolute atomic E-state index is 14.3. The number of hydrogen-bond donors (Lipinski definition) is 3. The van der Waals surface area contributed by atoms with Crippen LogP contribution in [0, 0.1) is 19.7 Å². The lowest BCUT2D eigenvalue weighted by molar-refractivity contribution is -0.137. The van der Waals surface area contributed by atoms with E-state index in [2.05, 4.69) is 10.5 Å². The van der Waals surface area contributed by atoms with Crippen LogP contribution in [-0.4, -0.2) is 27.8 Å². The Bertz CT molecular complexity index is 1770. The molecule has 0 spiro atoms. The summed E-state index contributed by atoms with van der Waals surface area (Å²) in [5.74, 6) is -3.49. The SMILES string of the molecule is Cc1ccc(N2C(=O)/C(=N\Nc3cccc(-c4ccc(C(=O)O)c(F)c4)c3O)c3ccc(C(F)(F)F)cc32)cc1C. The van der Waals surface area contributed by atoms with Gasteiger partial charge in [-0.2, -0.15) is 18.3 Å². The van der Waals surface area contributed by atoms with E-state index in [-0.39, 0.29) is 39.5 Å². The average Bonchev–Trinajstić information content (AvgIpc) is 3.19. The van der Waals surface area contributed by atoms with E-state index in [1.807, 2.05) is 13.8 Å². The summed E-state index contributed by atoms with van der Waals surface area (Å²) in [7, 11) is 0. The largest absolute Gasteiger partial charge is 0.505 e. The van der Waals surface area contributed by atoms with Crippen molar-refractivity contribution in [3.05, 3.63) is 106 Å². The van der Waals surface area contributed by atoms with Crippen molar-refractivity contribution in [1.29, 1.82) is 0 Å². The van der Waals surface area contributed by atoms with Gasteiger partial charge >= 0.3 is 12.1 Å². The number of nitrogens with zero attached hydrogens (tertiary/aromatic N) is 2. The first-order chi connectivity index (χ1) is 19.4. The molecule has 0 bridgehead atoms. The van der Waals surface area contributed by atoms with Gasteiger partial charge in [0.1, 0.15) is 11.6 Å². The van der Waals surface area contributed by atoms with E-state index in [4.69, 9.17) is 5.11 Å². The van der Waals surface area contributed by atoms with Crippen LogP contribution >= 0.6 is 0 Å². The molecule has 0 radical (unpaired) electrons. The number of hydrazone groups is 1. The van der Waals surface area contributed by atoms with E-state index in [0.29, 0.717) is 5.69 Å². The summed E-state index contributed by atoms with van der Waals surface area (Å²) in [5.41, 5.74) is 3.58. The standard InChI is InChI=1S/C30H21F4N3O4/c1-15-6-9-19(12-16(15)2)37-25-14-18(30(32,33)34)8-11-22(25)26(28(37)39)36-35-24-5-3-4-20(27(24)38)17-7-10-21(29(40)41)23(31)13-17/h3-14,35,38H,1-2H3,(H,40,41)/b36-26-. The van der Waals surface area contributed by atoms with E-state index in [1.54, 1.807) is 18.2 Å². The molecule has 0 saturated carbocycles. The van der Waals surface area contributed by atoms with Gasteiger partial charge in [-0.25, -0.2) is 9.18 Å². The number of phenolic OH excluding ortho intramolecular Hbond substituents is 1. The summed E-state index contributed by atoms with van der Waals surface area (Å²) in [6, 6.07) is 15.8. The third kappa shape index (κ3) is 4.97. The molecule has 11 heteroatoms. The number of aromatic hydroxyl groups is 1. The fourth-order valence-electron chi connectivity index (χ4n) is 4.49. The molecule has 0 aliphatic carbocycles. The fraction of sp³-hybridized carbons (Fsp3) is 0.100. The number of hydrogen-bond acceptors (Lipinski definition) is 5. The molecule has 0 aromatic heterocycles. The number of fused-ring (bicyclic) bond motifs is 1. The van der Waals surface area contributed by atoms with E-state index < -0.39 is 35.0 Å². The third-order valence-electron chi connectivity index (χ3n) is 6.81. The molecule has 0 fully saturated rings. The van der Waals surface area contributed by atoms with Crippen molar-refractivity contribution in [3.63, 3.8) is 0 Å². The number of alkyl halides is 3. The van der Waals surface area contributed by atoms with Crippen molar-refractivity contribution in [2.45, 2.75) is 20.0 Å². The topological polar surface area (TPSA) is 102 Å². The number of anilines is 3. The van der Waals surface area contributed by atoms with Gasteiger partial charge in [0.05, 0.1) is 22.5 Å². The number of phenols is 1. The molecule has 4 aromatic rings. The Labute approximate surface area is 231 Å². The van der Waals surface area contributed by atoms with Crippen LogP contribution in [0.25, 0.3) is 11.1 Å². The van der Waals surface area contributed by atoms with Crippen molar-refractivity contribution in [3.8, 4) is 16.9 Å². The quantitative estimate of drug-likeness (QED) is 0.138. The van der Waals surface area contributed by atoms with Gasteiger partial charge in [0.15, 0.2) is 5.71 Å². The Morgan fingerprint density at radius 1 is 0.927 bits per heavy atom. The van der Waals surface area contributed by atoms with Gasteiger partial charge in [-0.05, 0) is 79.1 Å². The van der Waals surface area contributed by atoms with Crippen LogP contribution in [0.3, 0.4) is 0 Å². The number of halogens is 4. The molecule has 7 nitrogen and oxygen atoms in total. The van der Waals surface area contributed by atoms with Crippen LogP contribution in [-0.2, 0) is 11.0 Å². The number of carbonyl (C=O) groups is 2. The highest BCUT2D eigenvalue weighted by molar-refractivity contribution is 6.55. The minimum Gasteiger partial charge on any atom is -0.505 e. The molecule has 0 atom stereocenters. The molecule has 1 heterocycles. The number of rotatable bonds is 5. The highest BCUT2D eigenvalue weighted by Gasteiger charge is 2.39. The Morgan fingerprint density at radius 2 is 1.68 bits per heavy atom. The first kappa shape index (κ1) is 27.4. The molecule has 4 aromatic carbocycles. The zero-order valence-corrected chi connectivity index (χ0v) is 21.5. The first-order valence-corrected chi connectivity index (χ1v) is 12.2. The van der Waals surface area contributed by atoms with Crippen LogP contribution in [0.1, 0.15) is 32.6 Å². The second-order valence-electron chi connectivity index (χ2n) is 9.41. The maximum atomic E-state index is 14.3. The van der Waals surface area contributed by atoms with E-state index >= 15 is 0 Å². The van der Waals surface area contributed by atoms with Crippen molar-refractivity contribution >= 4 is 34.7 Å². The van der Waals surface area contributed by atoms with Crippen molar-refractivity contribution in [2.24, 2.45) is 5.10 Å². The predicted molar refractivity (Wildman–Crippen MR) is 145 cm³/mol. The van der Waals surface area contributed by atoms with E-state index in [1.165, 1.54) is 30.3 Å². The number of para-hydroxylation sites is 1. The predicted octanol–water partition coefficient (Wildman–Crippen LogP) is 7.03. The third-order valence-corrected chi connectivity index (χ3v) is 6.81. The highest BCUT2D eigenvalue weighted by Crippen LogP contribution is 2.41. The summed E-state index contributed by atoms with van der Waals surface area (Å²) in [4.78, 5) is 25.8. The van der Waals surface area contributed by atoms with Crippen LogP contribution in [0.4, 0.5) is 34.6 Å². The van der Waals surface area contributed by atoms with Gasteiger partial charge < -0.3 is 10.2 Å². The van der Waals surface area contributed by atoms with Crippen molar-refractivity contribution in [1.82, 2.24) is 0 Å². The van der Waals surface area contributed by atoms with Crippen LogP contribution < -0.4 is 10.3 Å². The molecular formula is C30H21F4N3O4. The first-order valence-electron chi connectivity index (χ1n) is 12.2. The molecule has 1 amide bonds. The maximum Gasteiger partial charge on any atom is 0.416 e. The number of carboxylic acid groups (broad SMARTS) is 1. The van der Waals surface area contributed by atoms with Crippen LogP contribution in [0.15, 0.2) is 77.9 Å². The van der Waals surface area contributed by atoms with Crippen molar-refractivity contribution < 1.29 is 37.4 Å². The lowest BCUT2D eigenvalue weighted by Gasteiger charge is -2.19. The highest BCUT2D eigenvalue weighted by atomic mass is 19.4. The Balaban J connectivity index is 1.55. The zero-order valence-electron chi connectivity index (χ0n) is 21.5. The summed E-state index contributed by atoms with van der Waals surface area (Å²) >= 11 is 0. The molecule has 3 N–H and O–H groups in total. The summed E-state index contributed by atoms with van der Waals surface area (Å²) in [6.07, 6.45) is -4.64. The van der Waals surface area contributed by atoms with Crippen molar-refractivity contribution in [2.75, 3.05) is 10.3 Å². The number of carbonyl (C=O) groups excluding carboxylic acids is 1. The Hall–Kier alpha value is -5.19. The van der Waals surface area contributed by atoms with Gasteiger partial charge in [-0.15, -0.1) is 0 Å². The number of nitrogens with one attached hydrogen (secondary N) is 1. The normalized spacial score (nSPS) is 14.0. The summed E-state index contributed by atoms with van der Waals surface area (Å²) in [5, 5.41) is 24.1. The molecule has 5 rings (SSSR count). The van der Waals surface area contributed by atoms with Gasteiger partial charge in [0, 0.05) is 16.8 Å². The molecule has 1 aliphatic heterocycles. The second kappa shape index (κ2) is 10.1. The van der Waals surface area contributed by atoms with Gasteiger partial charge in [-0.1, -0.05) is 24.3 Å². The van der Waals surface area contributed by atoms with Gasteiger partial charge in [-0.3, -0.25) is 15.1 Å². The average molecular weight is 564 g/mol. The fourth-order valence-corrected chi connectivity index (χ4v) is 4.49. The van der Waals surface area contributed by atoms with Crippen LogP contribution in [0.2, 0.25) is 0 Å².